The number of aliphatic hydroxyl groups is 2. The summed E-state index contributed by atoms with van der Waals surface area (Å²) < 4.78 is 6.34. The van der Waals surface area contributed by atoms with Gasteiger partial charge in [-0.25, -0.2) is 4.79 Å². The van der Waals surface area contributed by atoms with Crippen LogP contribution in [-0.4, -0.2) is 49.5 Å². The van der Waals surface area contributed by atoms with Gasteiger partial charge in [0.2, 0.25) is 0 Å². The van der Waals surface area contributed by atoms with Gasteiger partial charge in [-0.3, -0.25) is 24.5 Å². The molecular formula is C11H15N3O7. The molecule has 3 atom stereocenters. The van der Waals surface area contributed by atoms with E-state index in [9.17, 15) is 29.9 Å². The van der Waals surface area contributed by atoms with Gasteiger partial charge in [0, 0.05) is 16.7 Å². The maximum Gasteiger partial charge on any atom is 0.330 e. The molecule has 0 aromatic carbocycles. The fourth-order valence-corrected chi connectivity index (χ4v) is 2.39. The normalized spacial score (nSPS) is 28.7. The average molecular weight is 301 g/mol. The summed E-state index contributed by atoms with van der Waals surface area (Å²) in [6.45, 7) is -0.0337. The maximum atomic E-state index is 11.8. The summed E-state index contributed by atoms with van der Waals surface area (Å²) in [6, 6.07) is 0. The van der Waals surface area contributed by atoms with Crippen LogP contribution in [0, 0.1) is 17.0 Å². The quantitative estimate of drug-likeness (QED) is 0.436. The summed E-state index contributed by atoms with van der Waals surface area (Å²) >= 11 is 0. The van der Waals surface area contributed by atoms with Gasteiger partial charge in [0.1, 0.15) is 12.8 Å². The Hall–Kier alpha value is -2.04. The van der Waals surface area contributed by atoms with Crippen molar-refractivity contribution in [1.29, 1.82) is 0 Å². The summed E-state index contributed by atoms with van der Waals surface area (Å²) in [6.07, 6.45) is -1.37. The van der Waals surface area contributed by atoms with Crippen LogP contribution in [0.1, 0.15) is 18.2 Å². The minimum atomic E-state index is -1.89. The number of hydrogen-bond acceptors (Lipinski definition) is 7. The predicted molar refractivity (Wildman–Crippen MR) is 68.5 cm³/mol. The molecule has 0 spiro atoms. The molecule has 0 amide bonds. The van der Waals surface area contributed by atoms with Gasteiger partial charge in [0.25, 0.3) is 11.1 Å². The summed E-state index contributed by atoms with van der Waals surface area (Å²) in [5, 5.41) is 29.8. The molecule has 2 heterocycles. The zero-order valence-corrected chi connectivity index (χ0v) is 11.2. The van der Waals surface area contributed by atoms with E-state index in [2.05, 4.69) is 4.98 Å². The van der Waals surface area contributed by atoms with Crippen molar-refractivity contribution >= 4 is 0 Å². The fourth-order valence-electron chi connectivity index (χ4n) is 2.39. The number of nitrogens with zero attached hydrogens (tertiary/aromatic N) is 2. The Kier molecular flexibility index (Phi) is 3.94. The van der Waals surface area contributed by atoms with Crippen molar-refractivity contribution in [2.75, 3.05) is 13.2 Å². The Morgan fingerprint density at radius 1 is 1.57 bits per heavy atom. The summed E-state index contributed by atoms with van der Waals surface area (Å²) in [4.78, 5) is 35.7. The van der Waals surface area contributed by atoms with Crippen molar-refractivity contribution in [2.24, 2.45) is 0 Å². The number of rotatable bonds is 4. The smallest absolute Gasteiger partial charge is 0.330 e. The van der Waals surface area contributed by atoms with E-state index in [4.69, 9.17) is 4.74 Å². The summed E-state index contributed by atoms with van der Waals surface area (Å²) in [7, 11) is 0. The first-order valence-corrected chi connectivity index (χ1v) is 6.19. The van der Waals surface area contributed by atoms with Crippen molar-refractivity contribution in [3.8, 4) is 0 Å². The number of H-pyrrole nitrogens is 1. The van der Waals surface area contributed by atoms with Crippen molar-refractivity contribution in [3.63, 3.8) is 0 Å². The van der Waals surface area contributed by atoms with E-state index in [1.54, 1.807) is 0 Å². The van der Waals surface area contributed by atoms with E-state index in [1.165, 1.54) is 13.1 Å². The average Bonchev–Trinajstić information content (AvgIpc) is 2.82. The molecule has 0 saturated carbocycles. The van der Waals surface area contributed by atoms with Crippen LogP contribution in [0.2, 0.25) is 0 Å². The van der Waals surface area contributed by atoms with Crippen molar-refractivity contribution < 1.29 is 19.9 Å². The SMILES string of the molecule is Cc1cn([C@H]2C[C@@](CO)([N+](=O)[O-])[C@@H](CO)O2)c(=O)[nH]c1=O. The number of aromatic nitrogens is 2. The van der Waals surface area contributed by atoms with Crippen molar-refractivity contribution in [2.45, 2.75) is 31.2 Å². The fraction of sp³-hybridized carbons (Fsp3) is 0.636. The number of hydrogen-bond donors (Lipinski definition) is 3. The van der Waals surface area contributed by atoms with Crippen molar-refractivity contribution in [3.05, 3.63) is 42.7 Å². The summed E-state index contributed by atoms with van der Waals surface area (Å²) in [5.74, 6) is 0. The first kappa shape index (κ1) is 15.4. The molecule has 1 aromatic rings. The number of aliphatic hydroxyl groups excluding tert-OH is 2. The molecular weight excluding hydrogens is 286 g/mol. The molecule has 0 radical (unpaired) electrons. The molecule has 1 aliphatic heterocycles. The number of aromatic amines is 1. The van der Waals surface area contributed by atoms with Crippen LogP contribution in [-0.2, 0) is 4.74 Å². The Morgan fingerprint density at radius 2 is 2.24 bits per heavy atom. The van der Waals surface area contributed by atoms with Gasteiger partial charge in [-0.15, -0.1) is 0 Å². The van der Waals surface area contributed by atoms with Crippen LogP contribution in [0.25, 0.3) is 0 Å². The van der Waals surface area contributed by atoms with Crippen LogP contribution in [0.4, 0.5) is 0 Å². The van der Waals surface area contributed by atoms with E-state index in [0.717, 1.165) is 4.57 Å². The third-order valence-corrected chi connectivity index (χ3v) is 3.71. The zero-order valence-electron chi connectivity index (χ0n) is 11.2. The molecule has 21 heavy (non-hydrogen) atoms. The van der Waals surface area contributed by atoms with E-state index in [1.807, 2.05) is 0 Å². The van der Waals surface area contributed by atoms with E-state index in [0.29, 0.717) is 0 Å². The lowest BCUT2D eigenvalue weighted by Gasteiger charge is -2.21. The van der Waals surface area contributed by atoms with Crippen LogP contribution in [0.5, 0.6) is 0 Å². The molecule has 2 rings (SSSR count). The lowest BCUT2D eigenvalue weighted by atomic mass is 9.92. The number of nitro groups is 1. The molecule has 0 aliphatic carbocycles. The van der Waals surface area contributed by atoms with Gasteiger partial charge in [0.15, 0.2) is 6.10 Å². The predicted octanol–water partition coefficient (Wildman–Crippen LogP) is -1.87. The monoisotopic (exact) mass is 301 g/mol. The van der Waals surface area contributed by atoms with Crippen LogP contribution in [0.15, 0.2) is 15.8 Å². The number of nitrogens with one attached hydrogen (secondary N) is 1. The van der Waals surface area contributed by atoms with Gasteiger partial charge in [-0.1, -0.05) is 0 Å². The standard InChI is InChI=1S/C11H15N3O7/c1-6-3-13(10(18)12-9(6)17)8-2-11(5-16,14(19)20)7(4-15)21-8/h3,7-8,15-16H,2,4-5H2,1H3,(H,12,17,18)/t7-,8-,11+/m1/s1. The van der Waals surface area contributed by atoms with E-state index < -0.39 is 47.3 Å². The van der Waals surface area contributed by atoms with Gasteiger partial charge < -0.3 is 14.9 Å². The second kappa shape index (κ2) is 5.39. The summed E-state index contributed by atoms with van der Waals surface area (Å²) in [5.41, 5.74) is -2.98. The molecule has 1 aromatic heterocycles. The second-order valence-electron chi connectivity index (χ2n) is 4.96. The van der Waals surface area contributed by atoms with Gasteiger partial charge >= 0.3 is 5.69 Å². The minimum Gasteiger partial charge on any atom is -0.393 e. The third kappa shape index (κ3) is 2.37. The minimum absolute atomic E-state index is 0.237. The van der Waals surface area contributed by atoms with E-state index >= 15 is 0 Å². The van der Waals surface area contributed by atoms with Crippen LogP contribution >= 0.6 is 0 Å². The number of ether oxygens (including phenoxy) is 1. The Bertz CT molecular complexity index is 667. The molecule has 3 N–H and O–H groups in total. The lowest BCUT2D eigenvalue weighted by molar-refractivity contribution is -0.579. The molecule has 0 bridgehead atoms. The number of aryl methyl sites for hydroxylation is 1. The molecule has 0 unspecified atom stereocenters. The topological polar surface area (TPSA) is 148 Å². The lowest BCUT2D eigenvalue weighted by Crippen LogP contribution is -2.50. The highest BCUT2D eigenvalue weighted by atomic mass is 16.6. The molecule has 116 valence electrons. The van der Waals surface area contributed by atoms with Gasteiger partial charge in [-0.05, 0) is 6.92 Å². The molecule has 1 saturated heterocycles. The van der Waals surface area contributed by atoms with Gasteiger partial charge in [0.05, 0.1) is 13.0 Å². The van der Waals surface area contributed by atoms with Crippen molar-refractivity contribution in [1.82, 2.24) is 9.55 Å². The first-order valence-electron chi connectivity index (χ1n) is 6.19. The Balaban J connectivity index is 2.45. The van der Waals surface area contributed by atoms with E-state index in [-0.39, 0.29) is 12.0 Å². The second-order valence-corrected chi connectivity index (χ2v) is 4.96. The van der Waals surface area contributed by atoms with Crippen LogP contribution < -0.4 is 11.2 Å². The highest BCUT2D eigenvalue weighted by molar-refractivity contribution is 5.03. The van der Waals surface area contributed by atoms with Crippen LogP contribution in [0.3, 0.4) is 0 Å². The largest absolute Gasteiger partial charge is 0.393 e. The first-order chi connectivity index (χ1) is 9.85. The maximum absolute atomic E-state index is 11.8. The third-order valence-electron chi connectivity index (χ3n) is 3.71. The molecule has 1 fully saturated rings. The molecule has 10 nitrogen and oxygen atoms in total. The highest BCUT2D eigenvalue weighted by Crippen LogP contribution is 2.37. The Labute approximate surface area is 117 Å². The highest BCUT2D eigenvalue weighted by Gasteiger charge is 2.59. The van der Waals surface area contributed by atoms with Gasteiger partial charge in [-0.2, -0.15) is 0 Å². The zero-order chi connectivity index (χ0) is 15.8. The Morgan fingerprint density at radius 3 is 2.71 bits per heavy atom. The molecule has 1 aliphatic rings. The molecule has 10 heteroatoms.